The van der Waals surface area contributed by atoms with E-state index in [0.29, 0.717) is 0 Å². The minimum absolute atomic E-state index is 0.149. The van der Waals surface area contributed by atoms with Crippen molar-refractivity contribution in [2.24, 2.45) is 5.92 Å². The zero-order valence-corrected chi connectivity index (χ0v) is 21.5. The highest BCUT2D eigenvalue weighted by atomic mass is 16.5. The van der Waals surface area contributed by atoms with E-state index in [1.165, 1.54) is 0 Å². The summed E-state index contributed by atoms with van der Waals surface area (Å²) in [5, 5.41) is 9.88. The van der Waals surface area contributed by atoms with Crippen LogP contribution in [0.3, 0.4) is 0 Å². The van der Waals surface area contributed by atoms with E-state index in [2.05, 4.69) is 26.2 Å². The molecule has 5 nitrogen and oxygen atoms in total. The summed E-state index contributed by atoms with van der Waals surface area (Å²) >= 11 is 0. The summed E-state index contributed by atoms with van der Waals surface area (Å²) in [5.74, 6) is 0.997. The van der Waals surface area contributed by atoms with Crippen molar-refractivity contribution in [1.82, 2.24) is 0 Å². The summed E-state index contributed by atoms with van der Waals surface area (Å²) in [6.45, 7) is 14.5. The van der Waals surface area contributed by atoms with Gasteiger partial charge in [0.05, 0.1) is 45.0 Å². The summed E-state index contributed by atoms with van der Waals surface area (Å²) in [7, 11) is 3.26. The van der Waals surface area contributed by atoms with Crippen molar-refractivity contribution >= 4 is 0 Å². The number of nitriles is 1. The van der Waals surface area contributed by atoms with E-state index < -0.39 is 11.5 Å². The maximum atomic E-state index is 9.88. The van der Waals surface area contributed by atoms with Gasteiger partial charge in [-0.15, -0.1) is 0 Å². The van der Waals surface area contributed by atoms with E-state index in [1.54, 1.807) is 26.4 Å². The van der Waals surface area contributed by atoms with Gasteiger partial charge in [-0.2, -0.15) is 5.26 Å². The molecule has 2 aromatic carbocycles. The number of hydrogen-bond acceptors (Lipinski definition) is 5. The van der Waals surface area contributed by atoms with Crippen molar-refractivity contribution in [3.05, 3.63) is 96.6 Å². The number of allylic oxidation sites excluding steroid dienone is 2. The third-order valence-corrected chi connectivity index (χ3v) is 6.13. The SMILES string of the molecule is C=C/C=C(\C=C)C(OC[C@H](C#N)COC(C)(C)CC)(c1ccc(OC)cc1)c1ccc(OC)cc1. The predicted molar refractivity (Wildman–Crippen MR) is 141 cm³/mol. The van der Waals surface area contributed by atoms with Crippen molar-refractivity contribution < 1.29 is 18.9 Å². The molecule has 5 heteroatoms. The molecule has 35 heavy (non-hydrogen) atoms. The Labute approximate surface area is 210 Å². The average molecular weight is 476 g/mol. The van der Waals surface area contributed by atoms with Gasteiger partial charge in [0.15, 0.2) is 0 Å². The molecule has 0 aliphatic rings. The van der Waals surface area contributed by atoms with Gasteiger partial charge in [0.2, 0.25) is 0 Å². The van der Waals surface area contributed by atoms with E-state index in [-0.39, 0.29) is 18.8 Å². The fourth-order valence-corrected chi connectivity index (χ4v) is 3.63. The summed E-state index contributed by atoms with van der Waals surface area (Å²) in [5.41, 5.74) is 1.15. The molecule has 0 spiro atoms. The van der Waals surface area contributed by atoms with E-state index in [0.717, 1.165) is 34.6 Å². The molecule has 0 aliphatic carbocycles. The Morgan fingerprint density at radius 1 is 0.914 bits per heavy atom. The molecule has 0 N–H and O–H groups in total. The van der Waals surface area contributed by atoms with Gasteiger partial charge in [0.25, 0.3) is 0 Å². The van der Waals surface area contributed by atoms with Gasteiger partial charge in [0.1, 0.15) is 17.1 Å². The summed E-state index contributed by atoms with van der Waals surface area (Å²) in [4.78, 5) is 0. The van der Waals surface area contributed by atoms with Gasteiger partial charge in [0, 0.05) is 0 Å². The number of methoxy groups -OCH3 is 2. The van der Waals surface area contributed by atoms with Crippen LogP contribution in [0.2, 0.25) is 0 Å². The van der Waals surface area contributed by atoms with Gasteiger partial charge in [-0.05, 0) is 61.2 Å². The number of benzene rings is 2. The van der Waals surface area contributed by atoms with E-state index in [9.17, 15) is 5.26 Å². The van der Waals surface area contributed by atoms with Gasteiger partial charge in [-0.25, -0.2) is 0 Å². The highest BCUT2D eigenvalue weighted by Gasteiger charge is 2.39. The zero-order chi connectivity index (χ0) is 25.9. The van der Waals surface area contributed by atoms with Gasteiger partial charge in [-0.3, -0.25) is 0 Å². The highest BCUT2D eigenvalue weighted by molar-refractivity contribution is 5.52. The largest absolute Gasteiger partial charge is 0.497 e. The van der Waals surface area contributed by atoms with Crippen molar-refractivity contribution in [2.45, 2.75) is 38.4 Å². The quantitative estimate of drug-likeness (QED) is 0.288. The zero-order valence-electron chi connectivity index (χ0n) is 21.5. The topological polar surface area (TPSA) is 60.7 Å². The average Bonchev–Trinajstić information content (AvgIpc) is 2.90. The standard InChI is InChI=1S/C30H37NO4/c1-8-11-24(9-2)30(25-12-16-27(32-6)17-13-25,26-14-18-28(33-7)19-15-26)35-22-23(20-31)21-34-29(4,5)10-3/h8-9,11-19,23H,1-2,10,21-22H2,3-7H3/b24-11+/t23-/m1/s1. The predicted octanol–water partition coefficient (Wildman–Crippen LogP) is 6.61. The second-order valence-electron chi connectivity index (χ2n) is 8.76. The first-order valence-electron chi connectivity index (χ1n) is 11.7. The molecule has 0 fully saturated rings. The van der Waals surface area contributed by atoms with Crippen LogP contribution in [0.4, 0.5) is 0 Å². The molecule has 2 rings (SSSR count). The first-order valence-corrected chi connectivity index (χ1v) is 11.7. The molecular formula is C30H37NO4. The highest BCUT2D eigenvalue weighted by Crippen LogP contribution is 2.42. The van der Waals surface area contributed by atoms with Crippen molar-refractivity contribution in [3.8, 4) is 17.6 Å². The third-order valence-electron chi connectivity index (χ3n) is 6.13. The second kappa shape index (κ2) is 12.9. The van der Waals surface area contributed by atoms with Crippen LogP contribution in [0, 0.1) is 17.2 Å². The van der Waals surface area contributed by atoms with Crippen LogP contribution in [-0.4, -0.2) is 33.0 Å². The smallest absolute Gasteiger partial charge is 0.143 e. The lowest BCUT2D eigenvalue weighted by atomic mass is 9.79. The summed E-state index contributed by atoms with van der Waals surface area (Å²) < 4.78 is 23.5. The van der Waals surface area contributed by atoms with Crippen molar-refractivity contribution in [3.63, 3.8) is 0 Å². The molecule has 0 unspecified atom stereocenters. The Morgan fingerprint density at radius 3 is 1.77 bits per heavy atom. The van der Waals surface area contributed by atoms with E-state index in [4.69, 9.17) is 18.9 Å². The van der Waals surface area contributed by atoms with Crippen LogP contribution < -0.4 is 9.47 Å². The van der Waals surface area contributed by atoms with Crippen LogP contribution in [0.15, 0.2) is 85.5 Å². The number of ether oxygens (including phenoxy) is 4. The van der Waals surface area contributed by atoms with E-state index in [1.807, 2.05) is 68.5 Å². The molecule has 0 heterocycles. The lowest BCUT2D eigenvalue weighted by Crippen LogP contribution is -2.36. The van der Waals surface area contributed by atoms with Crippen LogP contribution in [0.25, 0.3) is 0 Å². The third kappa shape index (κ3) is 6.85. The molecule has 0 radical (unpaired) electrons. The molecule has 186 valence electrons. The minimum atomic E-state index is -1.05. The lowest BCUT2D eigenvalue weighted by molar-refractivity contribution is -0.0591. The molecule has 0 saturated carbocycles. The second-order valence-corrected chi connectivity index (χ2v) is 8.76. The van der Waals surface area contributed by atoms with Crippen LogP contribution >= 0.6 is 0 Å². The molecule has 0 aliphatic heterocycles. The summed E-state index contributed by atoms with van der Waals surface area (Å²) in [6, 6.07) is 17.7. The minimum Gasteiger partial charge on any atom is -0.497 e. The molecule has 0 aromatic heterocycles. The Kier molecular flexibility index (Phi) is 10.3. The molecule has 0 bridgehead atoms. The number of nitrogens with zero attached hydrogens (tertiary/aromatic N) is 1. The lowest BCUT2D eigenvalue weighted by Gasteiger charge is -2.37. The van der Waals surface area contributed by atoms with Gasteiger partial charge >= 0.3 is 0 Å². The first kappa shape index (κ1) is 27.9. The normalized spacial score (nSPS) is 13.0. The fourth-order valence-electron chi connectivity index (χ4n) is 3.63. The van der Waals surface area contributed by atoms with E-state index >= 15 is 0 Å². The number of rotatable bonds is 14. The van der Waals surface area contributed by atoms with Gasteiger partial charge in [-0.1, -0.05) is 62.6 Å². The van der Waals surface area contributed by atoms with Gasteiger partial charge < -0.3 is 18.9 Å². The maximum absolute atomic E-state index is 9.88. The molecular weight excluding hydrogens is 438 g/mol. The number of hydrogen-bond donors (Lipinski definition) is 0. The fraction of sp³-hybridized carbons (Fsp3) is 0.367. The molecule has 0 amide bonds. The van der Waals surface area contributed by atoms with Crippen LogP contribution in [0.5, 0.6) is 11.5 Å². The van der Waals surface area contributed by atoms with Crippen molar-refractivity contribution in [1.29, 1.82) is 5.26 Å². The molecule has 2 aromatic rings. The Morgan fingerprint density at radius 2 is 1.40 bits per heavy atom. The summed E-state index contributed by atoms with van der Waals surface area (Å²) in [6.07, 6.45) is 6.18. The van der Waals surface area contributed by atoms with Crippen LogP contribution in [-0.2, 0) is 15.1 Å². The molecule has 1 atom stereocenters. The maximum Gasteiger partial charge on any atom is 0.143 e. The monoisotopic (exact) mass is 475 g/mol. The van der Waals surface area contributed by atoms with Crippen molar-refractivity contribution in [2.75, 3.05) is 27.4 Å². The Hall–Kier alpha value is -3.33. The van der Waals surface area contributed by atoms with Crippen LogP contribution in [0.1, 0.15) is 38.3 Å². The first-order chi connectivity index (χ1) is 16.8. The Bertz CT molecular complexity index is 982. The Balaban J connectivity index is 2.62. The molecule has 0 saturated heterocycles.